The predicted octanol–water partition coefficient (Wildman–Crippen LogP) is 5.00. The van der Waals surface area contributed by atoms with E-state index in [0.29, 0.717) is 36.9 Å². The molecule has 8 nitrogen and oxygen atoms in total. The molecule has 2 aliphatic carbocycles. The molecule has 2 heterocycles. The van der Waals surface area contributed by atoms with E-state index in [1.807, 2.05) is 25.1 Å². The van der Waals surface area contributed by atoms with E-state index in [2.05, 4.69) is 27.5 Å². The summed E-state index contributed by atoms with van der Waals surface area (Å²) in [7, 11) is -4.00. The number of nitrogens with one attached hydrogen (secondary N) is 1. The number of rotatable bonds is 1. The predicted molar refractivity (Wildman–Crippen MR) is 180 cm³/mol. The number of sulfonamides is 1. The molecule has 10 heteroatoms. The molecule has 4 aliphatic rings. The molecule has 46 heavy (non-hydrogen) atoms. The molecule has 1 amide bonds. The van der Waals surface area contributed by atoms with Crippen LogP contribution in [0.5, 0.6) is 5.75 Å². The van der Waals surface area contributed by atoms with Gasteiger partial charge in [0.15, 0.2) is 0 Å². The SMILES string of the molecule is C[C@@H]1[C@@H](C)C/C=C\[C@@](O)(C#CCCO)[C@@H]2CC[C@H]2CN2C[C@@]3(CCCc4cc(Cl)ccc43)COc3ccc(cc32)C(=O)NS1(=O)=O. The molecule has 2 aromatic carbocycles. The Morgan fingerprint density at radius 1 is 1.17 bits per heavy atom. The number of amides is 1. The number of fused-ring (bicyclic) bond motifs is 4. The van der Waals surface area contributed by atoms with Crippen molar-refractivity contribution in [2.45, 2.75) is 75.1 Å². The number of aliphatic hydroxyl groups excluding tert-OH is 1. The average molecular weight is 667 g/mol. The van der Waals surface area contributed by atoms with Crippen LogP contribution in [0.2, 0.25) is 5.02 Å². The van der Waals surface area contributed by atoms with Gasteiger partial charge in [0.05, 0.1) is 24.2 Å². The third kappa shape index (κ3) is 6.29. The maximum Gasteiger partial charge on any atom is 0.264 e. The van der Waals surface area contributed by atoms with Crippen LogP contribution in [-0.2, 0) is 21.9 Å². The normalized spacial score (nSPS) is 32.7. The zero-order valence-corrected chi connectivity index (χ0v) is 28.0. The summed E-state index contributed by atoms with van der Waals surface area (Å²) < 4.78 is 35.5. The van der Waals surface area contributed by atoms with E-state index in [-0.39, 0.29) is 41.8 Å². The Bertz CT molecular complexity index is 1700. The lowest BCUT2D eigenvalue weighted by atomic mass is 9.64. The molecule has 2 aromatic rings. The number of benzene rings is 2. The standard InChI is InChI=1S/C36H43ClN2O6S/c1-24-7-5-17-36(42,16-3-4-18-40)31-12-9-28(31)21-39-22-35(15-6-8-26-19-29(37)11-13-30(26)35)23-45-33-14-10-27(20-32(33)39)34(41)38-46(43,44)25(24)2/h5,10-11,13-14,17,19-20,24-25,28,31,40,42H,4,6-9,12,15,18,21-23H2,1-2H3,(H,38,41)/b17-5-/t24-,25+,28-,31+,35-,36-/m0/s1. The number of halogens is 1. The minimum absolute atomic E-state index is 0.0940. The second-order valence-corrected chi connectivity index (χ2v) is 16.1. The largest absolute Gasteiger partial charge is 0.490 e. The summed E-state index contributed by atoms with van der Waals surface area (Å²) in [5.41, 5.74) is 1.65. The van der Waals surface area contributed by atoms with Crippen molar-refractivity contribution < 1.29 is 28.2 Å². The number of aryl methyl sites for hydroxylation is 1. The first-order valence-corrected chi connectivity index (χ1v) is 18.2. The first-order valence-electron chi connectivity index (χ1n) is 16.3. The van der Waals surface area contributed by atoms with Gasteiger partial charge in [0, 0.05) is 41.4 Å². The van der Waals surface area contributed by atoms with Crippen molar-refractivity contribution in [3.05, 3.63) is 70.3 Å². The summed E-state index contributed by atoms with van der Waals surface area (Å²) >= 11 is 6.41. The number of allylic oxidation sites excluding steroid dienone is 1. The van der Waals surface area contributed by atoms with Gasteiger partial charge in [-0.05, 0) is 105 Å². The molecule has 2 aliphatic heterocycles. The molecule has 1 saturated carbocycles. The smallest absolute Gasteiger partial charge is 0.264 e. The van der Waals surface area contributed by atoms with Gasteiger partial charge in [0.2, 0.25) is 10.0 Å². The Balaban J connectivity index is 1.45. The zero-order valence-electron chi connectivity index (χ0n) is 26.5. The molecule has 0 radical (unpaired) electrons. The number of anilines is 1. The molecule has 246 valence electrons. The van der Waals surface area contributed by atoms with E-state index < -0.39 is 26.8 Å². The molecular weight excluding hydrogens is 624 g/mol. The number of hydrogen-bond donors (Lipinski definition) is 3. The summed E-state index contributed by atoms with van der Waals surface area (Å²) in [6, 6.07) is 11.2. The van der Waals surface area contributed by atoms with Crippen molar-refractivity contribution in [3.8, 4) is 17.6 Å². The second-order valence-electron chi connectivity index (χ2n) is 13.6. The number of hydrogen-bond acceptors (Lipinski definition) is 7. The highest BCUT2D eigenvalue weighted by atomic mass is 35.5. The van der Waals surface area contributed by atoms with Gasteiger partial charge in [-0.3, -0.25) is 4.79 Å². The number of ether oxygens (including phenoxy) is 1. The van der Waals surface area contributed by atoms with Gasteiger partial charge < -0.3 is 19.8 Å². The Kier molecular flexibility index (Phi) is 9.21. The van der Waals surface area contributed by atoms with Crippen LogP contribution in [0.4, 0.5) is 5.69 Å². The lowest BCUT2D eigenvalue weighted by Crippen LogP contribution is -2.52. The van der Waals surface area contributed by atoms with E-state index in [0.717, 1.165) is 37.8 Å². The molecule has 0 unspecified atom stereocenters. The van der Waals surface area contributed by atoms with E-state index in [1.54, 1.807) is 31.2 Å². The van der Waals surface area contributed by atoms with E-state index in [4.69, 9.17) is 16.3 Å². The first kappa shape index (κ1) is 32.9. The minimum atomic E-state index is -4.00. The van der Waals surface area contributed by atoms with Gasteiger partial charge in [-0.25, -0.2) is 13.1 Å². The first-order chi connectivity index (χ1) is 21.9. The second kappa shape index (κ2) is 12.9. The average Bonchev–Trinajstić information content (AvgIpc) is 3.15. The van der Waals surface area contributed by atoms with Crippen LogP contribution < -0.4 is 14.4 Å². The van der Waals surface area contributed by atoms with Gasteiger partial charge >= 0.3 is 0 Å². The molecular formula is C36H43ClN2O6S. The summed E-state index contributed by atoms with van der Waals surface area (Å²) in [5, 5.41) is 21.3. The highest BCUT2D eigenvalue weighted by Crippen LogP contribution is 2.48. The summed E-state index contributed by atoms with van der Waals surface area (Å²) in [4.78, 5) is 15.7. The molecule has 6 atom stereocenters. The molecule has 0 saturated heterocycles. The van der Waals surface area contributed by atoms with Gasteiger partial charge in [0.1, 0.15) is 11.4 Å². The van der Waals surface area contributed by atoms with Gasteiger partial charge in [0.25, 0.3) is 5.91 Å². The van der Waals surface area contributed by atoms with E-state index in [9.17, 15) is 23.4 Å². The Morgan fingerprint density at radius 2 is 2.00 bits per heavy atom. The van der Waals surface area contributed by atoms with Crippen molar-refractivity contribution in [2.75, 3.05) is 31.2 Å². The van der Waals surface area contributed by atoms with Gasteiger partial charge in [-0.15, -0.1) is 0 Å². The molecule has 0 aromatic heterocycles. The highest BCUT2D eigenvalue weighted by molar-refractivity contribution is 7.90. The Hall–Kier alpha value is -3.03. The zero-order chi connectivity index (χ0) is 32.7. The summed E-state index contributed by atoms with van der Waals surface area (Å²) in [5.74, 6) is 5.58. The molecule has 1 spiro atoms. The fourth-order valence-corrected chi connectivity index (χ4v) is 9.14. The Labute approximate surface area is 277 Å². The molecule has 3 N–H and O–H groups in total. The quantitative estimate of drug-likeness (QED) is 0.290. The van der Waals surface area contributed by atoms with Crippen LogP contribution in [0, 0.1) is 29.6 Å². The topological polar surface area (TPSA) is 116 Å². The number of nitrogens with zero attached hydrogens (tertiary/aromatic N) is 1. The van der Waals surface area contributed by atoms with Crippen LogP contribution in [0.25, 0.3) is 0 Å². The number of carbonyl (C=O) groups is 1. The van der Waals surface area contributed by atoms with Crippen LogP contribution >= 0.6 is 11.6 Å². The van der Waals surface area contributed by atoms with Crippen molar-refractivity contribution in [1.29, 1.82) is 0 Å². The van der Waals surface area contributed by atoms with Crippen LogP contribution in [-0.4, -0.2) is 61.7 Å². The van der Waals surface area contributed by atoms with Crippen LogP contribution in [0.1, 0.15) is 73.9 Å². The van der Waals surface area contributed by atoms with Crippen LogP contribution in [0.15, 0.2) is 48.6 Å². The molecule has 2 bridgehead atoms. The van der Waals surface area contributed by atoms with Crippen molar-refractivity contribution in [3.63, 3.8) is 0 Å². The number of aliphatic hydroxyl groups is 2. The fourth-order valence-electron chi connectivity index (χ4n) is 7.66. The minimum Gasteiger partial charge on any atom is -0.490 e. The highest BCUT2D eigenvalue weighted by Gasteiger charge is 2.47. The van der Waals surface area contributed by atoms with Gasteiger partial charge in [-0.2, -0.15) is 0 Å². The fraction of sp³-hybridized carbons (Fsp3) is 0.528. The van der Waals surface area contributed by atoms with Gasteiger partial charge in [-0.1, -0.05) is 42.5 Å². The van der Waals surface area contributed by atoms with Crippen molar-refractivity contribution >= 4 is 33.2 Å². The maximum absolute atomic E-state index is 13.4. The third-order valence-electron chi connectivity index (χ3n) is 10.7. The van der Waals surface area contributed by atoms with E-state index in [1.165, 1.54) is 11.1 Å². The lowest BCUT2D eigenvalue weighted by Gasteiger charge is -2.47. The number of carbonyl (C=O) groups excluding carboxylic acids is 1. The molecule has 1 fully saturated rings. The van der Waals surface area contributed by atoms with Crippen molar-refractivity contribution in [1.82, 2.24) is 4.72 Å². The Morgan fingerprint density at radius 3 is 2.76 bits per heavy atom. The summed E-state index contributed by atoms with van der Waals surface area (Å²) in [6.07, 6.45) is 8.70. The lowest BCUT2D eigenvalue weighted by molar-refractivity contribution is -0.00326. The summed E-state index contributed by atoms with van der Waals surface area (Å²) in [6.45, 7) is 4.98. The van der Waals surface area contributed by atoms with Crippen molar-refractivity contribution in [2.24, 2.45) is 17.8 Å². The maximum atomic E-state index is 13.4. The third-order valence-corrected chi connectivity index (χ3v) is 12.8. The molecule has 6 rings (SSSR count). The van der Waals surface area contributed by atoms with Crippen LogP contribution in [0.3, 0.4) is 0 Å². The monoisotopic (exact) mass is 666 g/mol. The van der Waals surface area contributed by atoms with E-state index >= 15 is 0 Å².